The Morgan fingerprint density at radius 3 is 2.39 bits per heavy atom. The Morgan fingerprint density at radius 2 is 1.72 bits per heavy atom. The van der Waals surface area contributed by atoms with Crippen molar-refractivity contribution in [2.45, 2.75) is 33.2 Å². The third-order valence-electron chi connectivity index (χ3n) is 6.45. The number of nitrogens with zero attached hydrogens (tertiary/aromatic N) is 4. The molecule has 0 saturated carbocycles. The monoisotopic (exact) mass is 502 g/mol. The first kappa shape index (κ1) is 26.0. The van der Waals surface area contributed by atoms with E-state index in [0.29, 0.717) is 23.6 Å². The van der Waals surface area contributed by atoms with Gasteiger partial charge in [-0.2, -0.15) is 0 Å². The molecule has 2 aromatic carbocycles. The lowest BCUT2D eigenvalue weighted by molar-refractivity contribution is -0.274. The van der Waals surface area contributed by atoms with Crippen LogP contribution >= 0.6 is 0 Å². The van der Waals surface area contributed by atoms with Gasteiger partial charge in [0.15, 0.2) is 5.76 Å². The zero-order valence-corrected chi connectivity index (χ0v) is 21.0. The van der Waals surface area contributed by atoms with E-state index in [-0.39, 0.29) is 5.75 Å². The van der Waals surface area contributed by atoms with Crippen LogP contribution in [0.2, 0.25) is 0 Å². The van der Waals surface area contributed by atoms with E-state index in [2.05, 4.69) is 56.6 Å². The van der Waals surface area contributed by atoms with Crippen molar-refractivity contribution in [2.75, 3.05) is 51.2 Å². The van der Waals surface area contributed by atoms with Crippen molar-refractivity contribution < 1.29 is 22.4 Å². The fourth-order valence-electron chi connectivity index (χ4n) is 4.63. The van der Waals surface area contributed by atoms with Crippen molar-refractivity contribution >= 4 is 5.69 Å². The van der Waals surface area contributed by atoms with Crippen LogP contribution in [-0.2, 0) is 6.54 Å². The summed E-state index contributed by atoms with van der Waals surface area (Å²) in [6.07, 6.45) is -3.65. The minimum Gasteiger partial charge on any atom is -0.406 e. The molecule has 0 spiro atoms. The van der Waals surface area contributed by atoms with Gasteiger partial charge in [-0.25, -0.2) is 0 Å². The van der Waals surface area contributed by atoms with E-state index in [1.165, 1.54) is 41.1 Å². The highest BCUT2D eigenvalue weighted by molar-refractivity contribution is 5.59. The summed E-state index contributed by atoms with van der Waals surface area (Å²) >= 11 is 0. The van der Waals surface area contributed by atoms with Crippen LogP contribution in [-0.4, -0.2) is 67.6 Å². The molecule has 3 aromatic rings. The van der Waals surface area contributed by atoms with E-state index >= 15 is 0 Å². The lowest BCUT2D eigenvalue weighted by Crippen LogP contribution is -2.47. The number of ether oxygens (including phenoxy) is 1. The van der Waals surface area contributed by atoms with Crippen LogP contribution in [0.5, 0.6) is 5.75 Å². The first-order valence-electron chi connectivity index (χ1n) is 12.2. The molecule has 2 heterocycles. The summed E-state index contributed by atoms with van der Waals surface area (Å²) in [5.41, 5.74) is 5.24. The van der Waals surface area contributed by atoms with Crippen LogP contribution < -0.4 is 9.64 Å². The van der Waals surface area contributed by atoms with Gasteiger partial charge in [-0.3, -0.25) is 9.80 Å². The topological polar surface area (TPSA) is 45.0 Å². The summed E-state index contributed by atoms with van der Waals surface area (Å²) in [7, 11) is 2.05. The van der Waals surface area contributed by atoms with Gasteiger partial charge in [0.1, 0.15) is 11.4 Å². The van der Waals surface area contributed by atoms with Crippen molar-refractivity contribution in [3.63, 3.8) is 0 Å². The van der Waals surface area contributed by atoms with Crippen LogP contribution in [0.25, 0.3) is 11.3 Å². The van der Waals surface area contributed by atoms with Crippen LogP contribution in [0.1, 0.15) is 23.3 Å². The summed E-state index contributed by atoms with van der Waals surface area (Å²) in [6, 6.07) is 14.1. The molecule has 9 heteroatoms. The number of rotatable bonds is 9. The third kappa shape index (κ3) is 7.24. The first-order chi connectivity index (χ1) is 17.2. The Bertz CT molecular complexity index is 1120. The Balaban J connectivity index is 1.18. The Hall–Kier alpha value is -3.04. The average molecular weight is 503 g/mol. The molecule has 36 heavy (non-hydrogen) atoms. The van der Waals surface area contributed by atoms with Gasteiger partial charge in [0.2, 0.25) is 0 Å². The molecule has 1 fully saturated rings. The molecule has 0 aliphatic carbocycles. The zero-order valence-electron chi connectivity index (χ0n) is 21.0. The fraction of sp³-hybridized carbons (Fsp3) is 0.444. The molecule has 0 atom stereocenters. The summed E-state index contributed by atoms with van der Waals surface area (Å²) in [4.78, 5) is 7.19. The molecule has 194 valence electrons. The standard InChI is InChI=1S/C27H33F3N4O2/c1-20-5-10-26(21(2)17-20)34-15-13-33(14-16-34)12-4-11-32(3)19-24-18-25(31-36-24)22-6-8-23(9-7-22)35-27(28,29)30/h5-10,17-18H,4,11-16,19H2,1-3H3. The average Bonchev–Trinajstić information content (AvgIpc) is 3.27. The number of hydrogen-bond donors (Lipinski definition) is 0. The molecule has 0 radical (unpaired) electrons. The second kappa shape index (κ2) is 11.3. The molecule has 0 amide bonds. The molecular formula is C27H33F3N4O2. The smallest absolute Gasteiger partial charge is 0.406 e. The number of piperazine rings is 1. The largest absolute Gasteiger partial charge is 0.573 e. The quantitative estimate of drug-likeness (QED) is 0.385. The van der Waals surface area contributed by atoms with E-state index < -0.39 is 6.36 Å². The van der Waals surface area contributed by atoms with Crippen molar-refractivity contribution in [1.29, 1.82) is 0 Å². The predicted octanol–water partition coefficient (Wildman–Crippen LogP) is 5.50. The third-order valence-corrected chi connectivity index (χ3v) is 6.45. The van der Waals surface area contributed by atoms with Gasteiger partial charge in [-0.05, 0) is 76.3 Å². The lowest BCUT2D eigenvalue weighted by atomic mass is 10.1. The number of benzene rings is 2. The Labute approximate surface area is 210 Å². The van der Waals surface area contributed by atoms with Crippen molar-refractivity contribution in [3.8, 4) is 17.0 Å². The van der Waals surface area contributed by atoms with Gasteiger partial charge < -0.3 is 14.2 Å². The lowest BCUT2D eigenvalue weighted by Gasteiger charge is -2.37. The molecule has 1 aliphatic rings. The van der Waals surface area contributed by atoms with E-state index in [9.17, 15) is 13.2 Å². The van der Waals surface area contributed by atoms with Gasteiger partial charge in [0, 0.05) is 43.5 Å². The SMILES string of the molecule is Cc1ccc(N2CCN(CCCN(C)Cc3cc(-c4ccc(OC(F)(F)F)cc4)no3)CC2)c(C)c1. The van der Waals surface area contributed by atoms with Crippen LogP contribution in [0.4, 0.5) is 18.9 Å². The fourth-order valence-corrected chi connectivity index (χ4v) is 4.63. The number of aromatic nitrogens is 1. The highest BCUT2D eigenvalue weighted by Gasteiger charge is 2.31. The highest BCUT2D eigenvalue weighted by atomic mass is 19.4. The predicted molar refractivity (Wildman–Crippen MR) is 134 cm³/mol. The highest BCUT2D eigenvalue weighted by Crippen LogP contribution is 2.27. The number of alkyl halides is 3. The molecule has 4 rings (SSSR count). The zero-order chi connectivity index (χ0) is 25.7. The van der Waals surface area contributed by atoms with E-state index in [4.69, 9.17) is 4.52 Å². The number of hydrogen-bond acceptors (Lipinski definition) is 6. The second-order valence-electron chi connectivity index (χ2n) is 9.46. The molecular weight excluding hydrogens is 469 g/mol. The van der Waals surface area contributed by atoms with Crippen molar-refractivity contribution in [1.82, 2.24) is 15.0 Å². The van der Waals surface area contributed by atoms with Crippen molar-refractivity contribution in [2.24, 2.45) is 0 Å². The van der Waals surface area contributed by atoms with Gasteiger partial charge in [0.05, 0.1) is 6.54 Å². The maximum atomic E-state index is 12.3. The maximum absolute atomic E-state index is 12.3. The molecule has 6 nitrogen and oxygen atoms in total. The summed E-state index contributed by atoms with van der Waals surface area (Å²) < 4.78 is 46.3. The number of halogens is 3. The Morgan fingerprint density at radius 1 is 1.00 bits per heavy atom. The second-order valence-corrected chi connectivity index (χ2v) is 9.46. The minimum atomic E-state index is -4.71. The normalized spacial score (nSPS) is 15.0. The van der Waals surface area contributed by atoms with Gasteiger partial charge in [-0.15, -0.1) is 13.2 Å². The molecule has 1 aromatic heterocycles. The molecule has 1 saturated heterocycles. The summed E-state index contributed by atoms with van der Waals surface area (Å²) in [6.45, 7) is 11.1. The van der Waals surface area contributed by atoms with E-state index in [1.54, 1.807) is 0 Å². The van der Waals surface area contributed by atoms with Crippen LogP contribution in [0.15, 0.2) is 53.1 Å². The summed E-state index contributed by atoms with van der Waals surface area (Å²) in [5, 5.41) is 4.06. The molecule has 0 bridgehead atoms. The van der Waals surface area contributed by atoms with Gasteiger partial charge in [0.25, 0.3) is 0 Å². The maximum Gasteiger partial charge on any atom is 0.573 e. The van der Waals surface area contributed by atoms with Gasteiger partial charge >= 0.3 is 6.36 Å². The number of anilines is 1. The van der Waals surface area contributed by atoms with Gasteiger partial charge in [-0.1, -0.05) is 22.9 Å². The molecule has 0 N–H and O–H groups in total. The molecule has 0 unspecified atom stereocenters. The van der Waals surface area contributed by atoms with Crippen LogP contribution in [0, 0.1) is 13.8 Å². The Kier molecular flexibility index (Phi) is 8.21. The first-order valence-corrected chi connectivity index (χ1v) is 12.2. The van der Waals surface area contributed by atoms with Crippen LogP contribution in [0.3, 0.4) is 0 Å². The van der Waals surface area contributed by atoms with E-state index in [0.717, 1.165) is 45.7 Å². The number of aryl methyl sites for hydroxylation is 2. The van der Waals surface area contributed by atoms with Crippen molar-refractivity contribution in [3.05, 3.63) is 65.4 Å². The molecule has 1 aliphatic heterocycles. The summed E-state index contributed by atoms with van der Waals surface area (Å²) in [5.74, 6) is 0.451. The minimum absolute atomic E-state index is 0.263. The van der Waals surface area contributed by atoms with E-state index in [1.807, 2.05) is 13.1 Å².